The van der Waals surface area contributed by atoms with Crippen LogP contribution < -0.4 is 17.0 Å². The van der Waals surface area contributed by atoms with Crippen LogP contribution in [0.2, 0.25) is 0 Å². The maximum atomic E-state index is 15.4. The van der Waals surface area contributed by atoms with E-state index >= 15 is 4.39 Å². The molecule has 2 aliphatic heterocycles. The van der Waals surface area contributed by atoms with Crippen molar-refractivity contribution in [1.29, 1.82) is 0 Å². The van der Waals surface area contributed by atoms with Crippen molar-refractivity contribution in [2.45, 2.75) is 50.0 Å². The number of H-pyrrole nitrogens is 1. The Kier molecular flexibility index (Phi) is 8.10. The minimum absolute atomic E-state index is 0.0351. The summed E-state index contributed by atoms with van der Waals surface area (Å²) in [6.07, 6.45) is -4.39. The summed E-state index contributed by atoms with van der Waals surface area (Å²) >= 11 is 5.18. The fourth-order valence-corrected chi connectivity index (χ4v) is 6.10. The first-order valence-electron chi connectivity index (χ1n) is 12.7. The average Bonchev–Trinajstić information content (AvgIpc) is 3.63. The van der Waals surface area contributed by atoms with E-state index in [0.717, 1.165) is 0 Å². The molecule has 232 valence electrons. The van der Waals surface area contributed by atoms with Crippen LogP contribution in [0, 0.1) is 0 Å². The quantitative estimate of drug-likeness (QED) is 0.0989. The summed E-state index contributed by atoms with van der Waals surface area (Å²) in [5, 5.41) is 9.66. The molecule has 2 unspecified atom stereocenters. The van der Waals surface area contributed by atoms with Crippen LogP contribution in [0.1, 0.15) is 19.4 Å². The van der Waals surface area contributed by atoms with E-state index in [2.05, 4.69) is 29.9 Å². The third-order valence-corrected chi connectivity index (χ3v) is 8.23. The highest BCUT2D eigenvalue weighted by Crippen LogP contribution is 2.50. The first kappa shape index (κ1) is 29.8. The first-order chi connectivity index (χ1) is 20.6. The normalized spacial score (nSPS) is 26.8. The number of aromatic amines is 1. The van der Waals surface area contributed by atoms with Crippen molar-refractivity contribution in [2.75, 3.05) is 31.3 Å². The summed E-state index contributed by atoms with van der Waals surface area (Å²) in [4.78, 5) is 55.8. The highest BCUT2D eigenvalue weighted by atomic mass is 32.5. The SMILES string of the molecule is CC(COP(O)(=S)O[C@@H]1[C@H](F)[C@@H](CO)O[C@H]1n1cnc2c(=O)[nH]c(N)nc21)O[C@H]([C@H]1COO1)n1cnc2c(N)ncnc21. The van der Waals surface area contributed by atoms with Crippen molar-refractivity contribution in [3.63, 3.8) is 0 Å². The Labute approximate surface area is 245 Å². The van der Waals surface area contributed by atoms with E-state index in [4.69, 9.17) is 51.6 Å². The van der Waals surface area contributed by atoms with Crippen molar-refractivity contribution >= 4 is 52.6 Å². The summed E-state index contributed by atoms with van der Waals surface area (Å²) in [7, 11) is 0. The number of nitrogens with zero attached hydrogens (tertiary/aromatic N) is 7. The lowest BCUT2D eigenvalue weighted by atomic mass is 10.1. The van der Waals surface area contributed by atoms with Gasteiger partial charge in [-0.1, -0.05) is 0 Å². The molecule has 6 heterocycles. The van der Waals surface area contributed by atoms with Crippen LogP contribution in [0.25, 0.3) is 22.3 Å². The number of fused-ring (bicyclic) bond motifs is 2. The minimum atomic E-state index is -4.16. The lowest BCUT2D eigenvalue weighted by Gasteiger charge is -2.34. The molecule has 0 bridgehead atoms. The predicted molar refractivity (Wildman–Crippen MR) is 146 cm³/mol. The number of halogens is 1. The number of anilines is 2. The summed E-state index contributed by atoms with van der Waals surface area (Å²) in [6.45, 7) is -3.32. The van der Waals surface area contributed by atoms with E-state index in [0.29, 0.717) is 11.2 Å². The van der Waals surface area contributed by atoms with E-state index in [1.165, 1.54) is 23.5 Å². The van der Waals surface area contributed by atoms with Gasteiger partial charge in [0.1, 0.15) is 30.7 Å². The molecule has 4 aromatic heterocycles. The summed E-state index contributed by atoms with van der Waals surface area (Å²) in [6, 6.07) is 0. The van der Waals surface area contributed by atoms with Gasteiger partial charge < -0.3 is 35.5 Å². The van der Waals surface area contributed by atoms with Crippen molar-refractivity contribution in [3.05, 3.63) is 29.3 Å². The zero-order chi connectivity index (χ0) is 30.5. The molecular formula is C21H26FN10O9PS. The largest absolute Gasteiger partial charge is 0.394 e. The lowest BCUT2D eigenvalue weighted by molar-refractivity contribution is -0.448. The maximum absolute atomic E-state index is 15.4. The molecule has 2 fully saturated rings. The number of aliphatic hydroxyl groups excluding tert-OH is 1. The number of rotatable bonds is 11. The third kappa shape index (κ3) is 5.71. The molecule has 19 nitrogen and oxygen atoms in total. The summed E-state index contributed by atoms with van der Waals surface area (Å²) in [5.41, 5.74) is 11.5. The molecule has 0 aliphatic carbocycles. The molecule has 2 aliphatic rings. The molecule has 4 aromatic rings. The van der Waals surface area contributed by atoms with Crippen molar-refractivity contribution in [1.82, 2.24) is 39.0 Å². The van der Waals surface area contributed by atoms with Gasteiger partial charge in [0.25, 0.3) is 5.56 Å². The Balaban J connectivity index is 1.17. The van der Waals surface area contributed by atoms with Gasteiger partial charge in [-0.3, -0.25) is 23.4 Å². The zero-order valence-corrected chi connectivity index (χ0v) is 23.9. The van der Waals surface area contributed by atoms with E-state index in [1.807, 2.05) is 0 Å². The van der Waals surface area contributed by atoms with Gasteiger partial charge in [0, 0.05) is 0 Å². The number of nitrogens with one attached hydrogen (secondary N) is 1. The van der Waals surface area contributed by atoms with E-state index in [9.17, 15) is 14.8 Å². The monoisotopic (exact) mass is 644 g/mol. The molecule has 0 spiro atoms. The van der Waals surface area contributed by atoms with Crippen LogP contribution >= 0.6 is 6.72 Å². The molecule has 0 saturated carbocycles. The van der Waals surface area contributed by atoms with Gasteiger partial charge in [-0.15, -0.1) is 0 Å². The standard InChI is InChI=1S/C21H26FN10O9PS/c1-8(38-19(10-4-36-40-10)31-6-27-12-15(23)25-5-26-16(12)31)3-37-42(35,43)41-14-11(22)9(2-33)39-20(14)32-7-28-13-17(32)29-21(24)30-18(13)34/h5-11,14,19-20,33H,2-4H2,1H3,(H,35,43)(H2,23,25,26)(H3,24,29,30,34)/t8?,9-,10-,11-,14-,19-,20-,42?/m1/s1. The highest BCUT2D eigenvalue weighted by molar-refractivity contribution is 8.07. The minimum Gasteiger partial charge on any atom is -0.394 e. The second-order valence-corrected chi connectivity index (χ2v) is 12.4. The first-order valence-corrected chi connectivity index (χ1v) is 15.3. The van der Waals surface area contributed by atoms with Crippen LogP contribution in [-0.2, 0) is 40.1 Å². The van der Waals surface area contributed by atoms with Crippen LogP contribution in [-0.4, -0.2) is 99.4 Å². The smallest absolute Gasteiger partial charge is 0.325 e. The van der Waals surface area contributed by atoms with Gasteiger partial charge in [0.2, 0.25) is 5.95 Å². The molecule has 0 radical (unpaired) electrons. The number of aromatic nitrogens is 8. The van der Waals surface area contributed by atoms with Crippen molar-refractivity contribution in [2.24, 2.45) is 0 Å². The second kappa shape index (κ2) is 11.7. The zero-order valence-electron chi connectivity index (χ0n) is 22.2. The number of imidazole rings is 2. The van der Waals surface area contributed by atoms with E-state index in [1.54, 1.807) is 11.5 Å². The number of nitrogens with two attached hydrogens (primary N) is 2. The Morgan fingerprint density at radius 1 is 1.26 bits per heavy atom. The van der Waals surface area contributed by atoms with Gasteiger partial charge >= 0.3 is 6.72 Å². The Hall–Kier alpha value is -3.24. The number of hydrogen-bond donors (Lipinski definition) is 5. The molecule has 43 heavy (non-hydrogen) atoms. The molecule has 2 saturated heterocycles. The molecule has 0 amide bonds. The number of aliphatic hydroxyl groups is 1. The van der Waals surface area contributed by atoms with Gasteiger partial charge in [0.15, 0.2) is 47.4 Å². The fraction of sp³-hybridized carbons (Fsp3) is 0.524. The Morgan fingerprint density at radius 3 is 2.74 bits per heavy atom. The highest BCUT2D eigenvalue weighted by Gasteiger charge is 2.49. The summed E-state index contributed by atoms with van der Waals surface area (Å²) < 4.78 is 41.0. The molecule has 7 N–H and O–H groups in total. The van der Waals surface area contributed by atoms with Crippen LogP contribution in [0.5, 0.6) is 0 Å². The van der Waals surface area contributed by atoms with Crippen molar-refractivity contribution < 1.29 is 42.7 Å². The van der Waals surface area contributed by atoms with E-state index in [-0.39, 0.29) is 36.1 Å². The van der Waals surface area contributed by atoms with Gasteiger partial charge in [-0.2, -0.15) is 4.98 Å². The molecular weight excluding hydrogens is 618 g/mol. The molecule has 6 rings (SSSR count). The molecule has 0 aromatic carbocycles. The summed E-state index contributed by atoms with van der Waals surface area (Å²) in [5.74, 6) is -0.0343. The average molecular weight is 645 g/mol. The van der Waals surface area contributed by atoms with Gasteiger partial charge in [0.05, 0.1) is 32.0 Å². The third-order valence-electron chi connectivity index (χ3n) is 6.67. The van der Waals surface area contributed by atoms with Crippen LogP contribution in [0.15, 0.2) is 23.8 Å². The van der Waals surface area contributed by atoms with Gasteiger partial charge in [-0.05, 0) is 18.7 Å². The second-order valence-electron chi connectivity index (χ2n) is 9.64. The van der Waals surface area contributed by atoms with Crippen LogP contribution in [0.3, 0.4) is 0 Å². The predicted octanol–water partition coefficient (Wildman–Crippen LogP) is -0.796. The Bertz CT molecular complexity index is 1740. The fourth-order valence-electron chi connectivity index (χ4n) is 4.63. The van der Waals surface area contributed by atoms with Crippen LogP contribution in [0.4, 0.5) is 16.2 Å². The van der Waals surface area contributed by atoms with Gasteiger partial charge in [-0.25, -0.2) is 34.1 Å². The van der Waals surface area contributed by atoms with E-state index < -0.39 is 61.9 Å². The topological polar surface area (TPSA) is 255 Å². The molecule has 8 atom stereocenters. The lowest BCUT2D eigenvalue weighted by Crippen LogP contribution is -2.42. The molecule has 22 heteroatoms. The van der Waals surface area contributed by atoms with Crippen molar-refractivity contribution in [3.8, 4) is 0 Å². The number of hydrogen-bond acceptors (Lipinski definition) is 16. The number of alkyl halides is 1. The number of nitrogen functional groups attached to an aromatic ring is 2. The Morgan fingerprint density at radius 2 is 2.02 bits per heavy atom. The maximum Gasteiger partial charge on any atom is 0.325 e. The number of ether oxygens (including phenoxy) is 2.